The standard InChI is InChI=1S/C5H5.3ClH.Pt/c1-2-4-5-3-1;;;;/h1-3H,4H2;3*1H;/q-1;;;;. The Balaban J connectivity index is -0.0000000312. The third kappa shape index (κ3) is 12.3. The predicted octanol–water partition coefficient (Wildman–Crippen LogP) is 2.57. The van der Waals surface area contributed by atoms with Crippen molar-refractivity contribution in [2.45, 2.75) is 6.42 Å². The molecule has 0 aromatic carbocycles. The predicted molar refractivity (Wildman–Crippen MR) is 43.3 cm³/mol. The largest absolute Gasteiger partial charge is 0.273 e. The van der Waals surface area contributed by atoms with E-state index in [1.165, 1.54) is 0 Å². The average Bonchev–Trinajstić information content (AvgIpc) is 1.76. The molecule has 4 heteroatoms. The zero-order valence-electron chi connectivity index (χ0n) is 4.48. The van der Waals surface area contributed by atoms with Gasteiger partial charge in [-0.25, -0.2) is 12.2 Å². The van der Waals surface area contributed by atoms with E-state index in [2.05, 4.69) is 12.2 Å². The van der Waals surface area contributed by atoms with Crippen molar-refractivity contribution in [3.8, 4) is 0 Å². The number of halogens is 3. The van der Waals surface area contributed by atoms with Gasteiger partial charge in [-0.1, -0.05) is 0 Å². The SMILES string of the molecule is Cl.Cl.Cl.[C-]1=CC=CC1.[Pt]. The van der Waals surface area contributed by atoms with Gasteiger partial charge in [0, 0.05) is 21.1 Å². The second-order valence-corrected chi connectivity index (χ2v) is 1.00. The Kier molecular flexibility index (Phi) is 40.0. The molecule has 1 rings (SSSR count). The van der Waals surface area contributed by atoms with Gasteiger partial charge in [0.05, 0.1) is 0 Å². The Morgan fingerprint density at radius 1 is 1.11 bits per heavy atom. The first-order valence-corrected chi connectivity index (χ1v) is 1.72. The van der Waals surface area contributed by atoms with Crippen molar-refractivity contribution in [1.29, 1.82) is 0 Å². The van der Waals surface area contributed by atoms with Gasteiger partial charge in [0.15, 0.2) is 0 Å². The Hall–Kier alpha value is 1.04. The average molecular weight is 370 g/mol. The van der Waals surface area contributed by atoms with Crippen molar-refractivity contribution < 1.29 is 21.1 Å². The minimum atomic E-state index is 0. The maximum absolute atomic E-state index is 2.99. The third-order valence-electron chi connectivity index (χ3n) is 0.586. The first-order chi connectivity index (χ1) is 2.50. The minimum Gasteiger partial charge on any atom is -0.273 e. The molecule has 0 saturated carbocycles. The summed E-state index contributed by atoms with van der Waals surface area (Å²) in [6.07, 6.45) is 10.0. The van der Waals surface area contributed by atoms with Crippen LogP contribution in [0.5, 0.6) is 0 Å². The van der Waals surface area contributed by atoms with Crippen molar-refractivity contribution >= 4 is 37.2 Å². The second-order valence-electron chi connectivity index (χ2n) is 1.00. The molecule has 0 aliphatic heterocycles. The van der Waals surface area contributed by atoms with Crippen LogP contribution < -0.4 is 0 Å². The molecule has 1 aliphatic rings. The molecular weight excluding hydrogens is 361 g/mol. The van der Waals surface area contributed by atoms with Crippen LogP contribution in [0.25, 0.3) is 0 Å². The van der Waals surface area contributed by atoms with Crippen molar-refractivity contribution in [3.05, 3.63) is 24.3 Å². The summed E-state index contributed by atoms with van der Waals surface area (Å²) in [6, 6.07) is 0. The Bertz CT molecular complexity index is 70.3. The number of hydrogen-bond acceptors (Lipinski definition) is 0. The van der Waals surface area contributed by atoms with E-state index in [0.717, 1.165) is 6.42 Å². The Morgan fingerprint density at radius 3 is 1.78 bits per heavy atom. The van der Waals surface area contributed by atoms with Crippen LogP contribution in [0.15, 0.2) is 18.2 Å². The summed E-state index contributed by atoms with van der Waals surface area (Å²) < 4.78 is 0. The molecule has 1 aliphatic carbocycles. The van der Waals surface area contributed by atoms with Crippen molar-refractivity contribution in [1.82, 2.24) is 0 Å². The molecule has 0 atom stereocenters. The molecule has 0 unspecified atom stereocenters. The van der Waals surface area contributed by atoms with E-state index in [4.69, 9.17) is 0 Å². The first kappa shape index (κ1) is 22.5. The summed E-state index contributed by atoms with van der Waals surface area (Å²) >= 11 is 0. The van der Waals surface area contributed by atoms with Crippen LogP contribution in [0.1, 0.15) is 6.42 Å². The number of allylic oxidation sites excluding steroid dienone is 4. The monoisotopic (exact) mass is 368 g/mol. The molecule has 0 spiro atoms. The number of hydrogen-bond donors (Lipinski definition) is 0. The summed E-state index contributed by atoms with van der Waals surface area (Å²) in [6.45, 7) is 0. The fraction of sp³-hybridized carbons (Fsp3) is 0.200. The van der Waals surface area contributed by atoms with Crippen molar-refractivity contribution in [2.75, 3.05) is 0 Å². The molecule has 0 N–H and O–H groups in total. The zero-order valence-corrected chi connectivity index (χ0v) is 9.20. The molecule has 0 saturated heterocycles. The molecular formula is C5H8Cl3Pt-. The third-order valence-corrected chi connectivity index (χ3v) is 0.586. The topological polar surface area (TPSA) is 0 Å². The molecule has 60 valence electrons. The van der Waals surface area contributed by atoms with Crippen LogP contribution >= 0.6 is 37.2 Å². The van der Waals surface area contributed by atoms with Gasteiger partial charge in [-0.3, -0.25) is 6.08 Å². The molecule has 0 amide bonds. The van der Waals surface area contributed by atoms with E-state index in [1.807, 2.05) is 12.2 Å². The maximum Gasteiger partial charge on any atom is 0 e. The van der Waals surface area contributed by atoms with E-state index < -0.39 is 0 Å². The van der Waals surface area contributed by atoms with Crippen LogP contribution in [0.4, 0.5) is 0 Å². The molecule has 0 aromatic rings. The summed E-state index contributed by atoms with van der Waals surface area (Å²) in [4.78, 5) is 0. The van der Waals surface area contributed by atoms with E-state index in [1.54, 1.807) is 0 Å². The molecule has 0 aromatic heterocycles. The van der Waals surface area contributed by atoms with Crippen molar-refractivity contribution in [2.24, 2.45) is 0 Å². The fourth-order valence-electron chi connectivity index (χ4n) is 0.340. The summed E-state index contributed by atoms with van der Waals surface area (Å²) in [5, 5.41) is 0. The van der Waals surface area contributed by atoms with Crippen LogP contribution in [0.3, 0.4) is 0 Å². The Labute approximate surface area is 88.7 Å². The van der Waals surface area contributed by atoms with Gasteiger partial charge in [0.25, 0.3) is 0 Å². The molecule has 0 nitrogen and oxygen atoms in total. The molecule has 0 radical (unpaired) electrons. The van der Waals surface area contributed by atoms with Crippen LogP contribution in [0, 0.1) is 6.08 Å². The minimum absolute atomic E-state index is 0. The van der Waals surface area contributed by atoms with E-state index >= 15 is 0 Å². The van der Waals surface area contributed by atoms with Crippen molar-refractivity contribution in [3.63, 3.8) is 0 Å². The summed E-state index contributed by atoms with van der Waals surface area (Å²) in [5.41, 5.74) is 0. The van der Waals surface area contributed by atoms with Crippen LogP contribution in [0.2, 0.25) is 0 Å². The smallest absolute Gasteiger partial charge is 0 e. The van der Waals surface area contributed by atoms with Crippen LogP contribution in [-0.2, 0) is 21.1 Å². The van der Waals surface area contributed by atoms with Gasteiger partial charge in [0.2, 0.25) is 0 Å². The molecule has 9 heavy (non-hydrogen) atoms. The zero-order chi connectivity index (χ0) is 3.54. The molecule has 0 bridgehead atoms. The maximum atomic E-state index is 2.99. The number of rotatable bonds is 0. The normalized spacial score (nSPS) is 9.78. The molecule has 0 heterocycles. The summed E-state index contributed by atoms with van der Waals surface area (Å²) in [7, 11) is 0. The first-order valence-electron chi connectivity index (χ1n) is 1.72. The van der Waals surface area contributed by atoms with Gasteiger partial charge in [-0.15, -0.1) is 43.6 Å². The van der Waals surface area contributed by atoms with E-state index in [-0.39, 0.29) is 58.3 Å². The summed E-state index contributed by atoms with van der Waals surface area (Å²) in [5.74, 6) is 0. The molecule has 0 fully saturated rings. The fourth-order valence-corrected chi connectivity index (χ4v) is 0.340. The van der Waals surface area contributed by atoms with E-state index in [0.29, 0.717) is 0 Å². The van der Waals surface area contributed by atoms with Gasteiger partial charge >= 0.3 is 0 Å². The van der Waals surface area contributed by atoms with Gasteiger partial charge in [-0.2, -0.15) is 6.08 Å². The quantitative estimate of drug-likeness (QED) is 0.576. The van der Waals surface area contributed by atoms with Crippen LogP contribution in [-0.4, -0.2) is 0 Å². The van der Waals surface area contributed by atoms with Gasteiger partial charge in [0.1, 0.15) is 0 Å². The second kappa shape index (κ2) is 16.0. The van der Waals surface area contributed by atoms with Gasteiger partial charge < -0.3 is 0 Å². The Morgan fingerprint density at radius 2 is 1.67 bits per heavy atom. The van der Waals surface area contributed by atoms with Gasteiger partial charge in [-0.05, 0) is 0 Å². The van der Waals surface area contributed by atoms with E-state index in [9.17, 15) is 0 Å².